The van der Waals surface area contributed by atoms with Crippen molar-refractivity contribution >= 4 is 40.0 Å². The number of methoxy groups -OCH3 is 1. The Kier molecular flexibility index (Phi) is 5.03. The summed E-state index contributed by atoms with van der Waals surface area (Å²) in [7, 11) is 1.37. The minimum atomic E-state index is -0.382. The quantitative estimate of drug-likeness (QED) is 0.547. The van der Waals surface area contributed by atoms with Gasteiger partial charge in [-0.3, -0.25) is 5.01 Å². The largest absolute Gasteiger partial charge is 0.465 e. The molecule has 0 aliphatic carbocycles. The van der Waals surface area contributed by atoms with Crippen molar-refractivity contribution in [3.05, 3.63) is 96.7 Å². The highest BCUT2D eigenvalue weighted by Crippen LogP contribution is 2.33. The van der Waals surface area contributed by atoms with Gasteiger partial charge in [0.2, 0.25) is 0 Å². The molecule has 0 saturated carbocycles. The Morgan fingerprint density at radius 1 is 1.09 bits per heavy atom. The van der Waals surface area contributed by atoms with Crippen molar-refractivity contribution in [2.75, 3.05) is 17.1 Å². The lowest BCUT2D eigenvalue weighted by molar-refractivity contribution is 0.0601. The Balaban J connectivity index is 1.51. The van der Waals surface area contributed by atoms with Gasteiger partial charge in [-0.1, -0.05) is 49.0 Å². The molecule has 0 spiro atoms. The lowest BCUT2D eigenvalue weighted by atomic mass is 10.00. The van der Waals surface area contributed by atoms with Crippen molar-refractivity contribution in [2.45, 2.75) is 12.5 Å². The van der Waals surface area contributed by atoms with E-state index in [9.17, 15) is 4.79 Å². The molecule has 1 unspecified atom stereocenters. The van der Waals surface area contributed by atoms with Crippen LogP contribution >= 0.6 is 0 Å². The number of hydrogen-bond acceptors (Lipinski definition) is 6. The molecule has 0 saturated heterocycles. The molecule has 0 N–H and O–H groups in total. The maximum absolute atomic E-state index is 11.9. The fourth-order valence-electron chi connectivity index (χ4n) is 4.06. The van der Waals surface area contributed by atoms with Crippen LogP contribution in [0.4, 0.5) is 11.4 Å². The predicted octanol–water partition coefficient (Wildman–Crippen LogP) is 5.14. The fourth-order valence-corrected chi connectivity index (χ4v) is 4.06. The molecule has 32 heavy (non-hydrogen) atoms. The highest BCUT2D eigenvalue weighted by atomic mass is 16.5. The summed E-state index contributed by atoms with van der Waals surface area (Å²) < 4.78 is 4.85. The van der Waals surface area contributed by atoms with Gasteiger partial charge in [-0.25, -0.2) is 9.80 Å². The van der Waals surface area contributed by atoms with Crippen molar-refractivity contribution in [1.82, 2.24) is 0 Å². The van der Waals surface area contributed by atoms with E-state index in [1.165, 1.54) is 7.11 Å². The van der Waals surface area contributed by atoms with E-state index in [1.54, 1.807) is 17.1 Å². The number of fused-ring (bicyclic) bond motifs is 1. The van der Waals surface area contributed by atoms with E-state index < -0.39 is 0 Å². The van der Waals surface area contributed by atoms with E-state index in [0.29, 0.717) is 5.56 Å². The van der Waals surface area contributed by atoms with Gasteiger partial charge in [0.1, 0.15) is 6.04 Å². The van der Waals surface area contributed by atoms with Gasteiger partial charge in [-0.05, 0) is 41.3 Å². The van der Waals surface area contributed by atoms with E-state index in [1.807, 2.05) is 53.8 Å². The lowest BCUT2D eigenvalue weighted by Crippen LogP contribution is -2.37. The molecule has 0 radical (unpaired) electrons. The highest BCUT2D eigenvalue weighted by Gasteiger charge is 2.31. The summed E-state index contributed by atoms with van der Waals surface area (Å²) in [5, 5.41) is 15.6. The Bertz CT molecular complexity index is 1300. The molecule has 2 aliphatic rings. The molecule has 6 nitrogen and oxygen atoms in total. The molecule has 3 aromatic carbocycles. The molecular weight excluding hydrogens is 400 g/mol. The minimum absolute atomic E-state index is 0.0791. The van der Waals surface area contributed by atoms with E-state index >= 15 is 0 Å². The Morgan fingerprint density at radius 3 is 2.78 bits per heavy atom. The molecule has 2 heterocycles. The van der Waals surface area contributed by atoms with Crippen molar-refractivity contribution in [3.63, 3.8) is 0 Å². The highest BCUT2D eigenvalue weighted by molar-refractivity contribution is 6.11. The van der Waals surface area contributed by atoms with Gasteiger partial charge in [0.25, 0.3) is 0 Å². The summed E-state index contributed by atoms with van der Waals surface area (Å²) in [4.78, 5) is 11.9. The van der Waals surface area contributed by atoms with E-state index in [4.69, 9.17) is 9.84 Å². The van der Waals surface area contributed by atoms with Gasteiger partial charge < -0.3 is 4.74 Å². The first-order valence-corrected chi connectivity index (χ1v) is 10.4. The maximum atomic E-state index is 11.9. The molecule has 0 fully saturated rings. The van der Waals surface area contributed by atoms with E-state index in [-0.39, 0.29) is 12.0 Å². The van der Waals surface area contributed by atoms with Crippen LogP contribution in [-0.2, 0) is 4.74 Å². The molecule has 0 bridgehead atoms. The van der Waals surface area contributed by atoms with Crippen LogP contribution in [0.25, 0.3) is 10.8 Å². The predicted molar refractivity (Wildman–Crippen MR) is 129 cm³/mol. The SMILES string of the molecule is C=C1C=CN(c2cccc(C(=O)OC)c2)N=C1C1CC=NN1c1cccc2ccccc12. The van der Waals surface area contributed by atoms with Crippen molar-refractivity contribution in [1.29, 1.82) is 0 Å². The van der Waals surface area contributed by atoms with Gasteiger partial charge in [-0.15, -0.1) is 0 Å². The van der Waals surface area contributed by atoms with E-state index in [0.717, 1.165) is 39.9 Å². The van der Waals surface area contributed by atoms with Gasteiger partial charge in [0, 0.05) is 24.2 Å². The number of benzene rings is 3. The number of hydrazone groups is 2. The lowest BCUT2D eigenvalue weighted by Gasteiger charge is -2.30. The standard InChI is InChI=1S/C26H22N4O2/c1-18-14-16-29(21-10-5-9-20(17-21)26(31)32-2)28-25(18)24-13-15-27-30(24)23-12-6-8-19-7-3-4-11-22(19)23/h3-12,14-17,24H,1,13H2,2H3. The number of allylic oxidation sites excluding steroid dienone is 1. The molecule has 6 heteroatoms. The number of carbonyl (C=O) groups is 1. The molecule has 2 aliphatic heterocycles. The summed E-state index contributed by atoms with van der Waals surface area (Å²) in [5.74, 6) is -0.382. The second kappa shape index (κ2) is 8.15. The normalized spacial score (nSPS) is 17.7. The summed E-state index contributed by atoms with van der Waals surface area (Å²) in [6.45, 7) is 4.22. The number of anilines is 2. The van der Waals surface area contributed by atoms with Crippen LogP contribution < -0.4 is 10.0 Å². The zero-order valence-corrected chi connectivity index (χ0v) is 17.7. The summed E-state index contributed by atoms with van der Waals surface area (Å²) in [5.41, 5.74) is 3.95. The van der Waals surface area contributed by atoms with Crippen LogP contribution in [0.3, 0.4) is 0 Å². The zero-order valence-electron chi connectivity index (χ0n) is 17.7. The van der Waals surface area contributed by atoms with Crippen molar-refractivity contribution in [2.24, 2.45) is 10.2 Å². The first-order valence-electron chi connectivity index (χ1n) is 10.4. The second-order valence-electron chi connectivity index (χ2n) is 7.61. The zero-order chi connectivity index (χ0) is 22.1. The fraction of sp³-hybridized carbons (Fsp3) is 0.115. The molecule has 0 amide bonds. The Morgan fingerprint density at radius 2 is 1.91 bits per heavy atom. The number of esters is 1. The summed E-state index contributed by atoms with van der Waals surface area (Å²) >= 11 is 0. The number of ether oxygens (including phenoxy) is 1. The van der Waals surface area contributed by atoms with Crippen LogP contribution in [-0.4, -0.2) is 31.0 Å². The van der Waals surface area contributed by atoms with Gasteiger partial charge in [0.05, 0.1) is 29.8 Å². The van der Waals surface area contributed by atoms with Crippen molar-refractivity contribution in [3.8, 4) is 0 Å². The average molecular weight is 422 g/mol. The van der Waals surface area contributed by atoms with Gasteiger partial charge in [-0.2, -0.15) is 10.2 Å². The first-order chi connectivity index (χ1) is 15.7. The second-order valence-corrected chi connectivity index (χ2v) is 7.61. The maximum Gasteiger partial charge on any atom is 0.337 e. The Hall–Kier alpha value is -4.19. The van der Waals surface area contributed by atoms with Crippen LogP contribution in [0.1, 0.15) is 16.8 Å². The third-order valence-electron chi connectivity index (χ3n) is 5.65. The third kappa shape index (κ3) is 3.46. The molecule has 158 valence electrons. The number of hydrogen-bond donors (Lipinski definition) is 0. The molecule has 0 aromatic heterocycles. The van der Waals surface area contributed by atoms with Crippen LogP contribution in [0.2, 0.25) is 0 Å². The third-order valence-corrected chi connectivity index (χ3v) is 5.65. The number of nitrogens with zero attached hydrogens (tertiary/aromatic N) is 4. The number of rotatable bonds is 4. The molecule has 3 aromatic rings. The monoisotopic (exact) mass is 422 g/mol. The minimum Gasteiger partial charge on any atom is -0.465 e. The Labute approximate surface area is 186 Å². The average Bonchev–Trinajstić information content (AvgIpc) is 3.33. The molecular formula is C26H22N4O2. The smallest absolute Gasteiger partial charge is 0.337 e. The molecule has 1 atom stereocenters. The van der Waals surface area contributed by atoms with Crippen LogP contribution in [0.15, 0.2) is 101 Å². The summed E-state index contributed by atoms with van der Waals surface area (Å²) in [6, 6.07) is 21.6. The van der Waals surface area contributed by atoms with Gasteiger partial charge in [0.15, 0.2) is 0 Å². The van der Waals surface area contributed by atoms with E-state index in [2.05, 4.69) is 35.9 Å². The van der Waals surface area contributed by atoms with Crippen molar-refractivity contribution < 1.29 is 9.53 Å². The first kappa shape index (κ1) is 19.8. The topological polar surface area (TPSA) is 57.5 Å². The molecule has 5 rings (SSSR count). The van der Waals surface area contributed by atoms with Crippen LogP contribution in [0, 0.1) is 0 Å². The van der Waals surface area contributed by atoms with Gasteiger partial charge >= 0.3 is 5.97 Å². The number of carbonyl (C=O) groups excluding carboxylic acids is 1. The van der Waals surface area contributed by atoms with Crippen LogP contribution in [0.5, 0.6) is 0 Å². The summed E-state index contributed by atoms with van der Waals surface area (Å²) in [6.07, 6.45) is 6.43.